The lowest BCUT2D eigenvalue weighted by molar-refractivity contribution is 0.340. The zero-order chi connectivity index (χ0) is 11.7. The second-order valence-corrected chi connectivity index (χ2v) is 4.13. The minimum atomic E-state index is 0.177. The molecule has 2 aromatic carbocycles. The third-order valence-corrected chi connectivity index (χ3v) is 2.99. The Morgan fingerprint density at radius 2 is 1.82 bits per heavy atom. The fourth-order valence-electron chi connectivity index (χ4n) is 2.10. The molecule has 1 heterocycles. The van der Waals surface area contributed by atoms with Gasteiger partial charge in [-0.2, -0.15) is 0 Å². The summed E-state index contributed by atoms with van der Waals surface area (Å²) in [6.07, 6.45) is 0. The highest BCUT2D eigenvalue weighted by atomic mass is 16.5. The molecule has 0 spiro atoms. The molecule has 0 fully saturated rings. The molecule has 1 unspecified atom stereocenters. The van der Waals surface area contributed by atoms with Crippen molar-refractivity contribution in [1.29, 1.82) is 0 Å². The fraction of sp³-hybridized carbons (Fsp3) is 0.143. The largest absolute Gasteiger partial charge is 0.491 e. The van der Waals surface area contributed by atoms with Crippen LogP contribution in [0.1, 0.15) is 11.6 Å². The quantitative estimate of drug-likeness (QED) is 0.774. The predicted molar refractivity (Wildman–Crippen MR) is 69.2 cm³/mol. The summed E-state index contributed by atoms with van der Waals surface area (Å²) in [5, 5.41) is 3.42. The van der Waals surface area contributed by atoms with Crippen LogP contribution in [0.25, 0.3) is 0 Å². The molecule has 0 aromatic heterocycles. The van der Waals surface area contributed by atoms with Crippen molar-refractivity contribution in [2.24, 2.45) is 0 Å². The Balaban J connectivity index is 1.87. The van der Waals surface area contributed by atoms with E-state index >= 15 is 0 Å². The Morgan fingerprint density at radius 3 is 2.71 bits per heavy atom. The highest BCUT2D eigenvalue weighted by Gasteiger charge is 2.23. The SMILES string of the molecule is Nc1ccccc1NC1COc2ccccc21. The normalized spacial score (nSPS) is 17.3. The standard InChI is InChI=1S/C14H14N2O/c15-11-6-2-3-7-12(11)16-13-9-17-14-8-4-1-5-10(13)14/h1-8,13,16H,9,15H2. The molecule has 0 radical (unpaired) electrons. The van der Waals surface area contributed by atoms with Crippen LogP contribution in [0.5, 0.6) is 5.75 Å². The molecular formula is C14H14N2O. The molecule has 2 aromatic rings. The highest BCUT2D eigenvalue weighted by molar-refractivity contribution is 5.66. The predicted octanol–water partition coefficient (Wildman–Crippen LogP) is 2.81. The molecule has 0 aliphatic carbocycles. The molecule has 3 N–H and O–H groups in total. The van der Waals surface area contributed by atoms with E-state index in [2.05, 4.69) is 11.4 Å². The van der Waals surface area contributed by atoms with Gasteiger partial charge in [0.1, 0.15) is 12.4 Å². The van der Waals surface area contributed by atoms with Gasteiger partial charge in [0.2, 0.25) is 0 Å². The maximum absolute atomic E-state index is 5.92. The zero-order valence-electron chi connectivity index (χ0n) is 9.39. The first-order valence-corrected chi connectivity index (χ1v) is 5.67. The maximum Gasteiger partial charge on any atom is 0.124 e. The molecular weight excluding hydrogens is 212 g/mol. The Morgan fingerprint density at radius 1 is 1.06 bits per heavy atom. The number of hydrogen-bond donors (Lipinski definition) is 2. The summed E-state index contributed by atoms with van der Waals surface area (Å²) >= 11 is 0. The van der Waals surface area contributed by atoms with Crippen molar-refractivity contribution in [3.8, 4) is 5.75 Å². The van der Waals surface area contributed by atoms with Crippen molar-refractivity contribution in [3.63, 3.8) is 0 Å². The number of para-hydroxylation sites is 3. The molecule has 3 rings (SSSR count). The summed E-state index contributed by atoms with van der Waals surface area (Å²) < 4.78 is 5.62. The van der Waals surface area contributed by atoms with Gasteiger partial charge in [-0.1, -0.05) is 30.3 Å². The van der Waals surface area contributed by atoms with Crippen LogP contribution in [-0.4, -0.2) is 6.61 Å². The molecule has 1 aliphatic heterocycles. The van der Waals surface area contributed by atoms with Crippen LogP contribution < -0.4 is 15.8 Å². The number of anilines is 2. The summed E-state index contributed by atoms with van der Waals surface area (Å²) in [4.78, 5) is 0. The molecule has 86 valence electrons. The van der Waals surface area contributed by atoms with Crippen LogP contribution in [0.3, 0.4) is 0 Å². The van der Waals surface area contributed by atoms with Gasteiger partial charge in [-0.3, -0.25) is 0 Å². The van der Waals surface area contributed by atoms with Crippen molar-refractivity contribution in [1.82, 2.24) is 0 Å². The van der Waals surface area contributed by atoms with E-state index in [0.717, 1.165) is 17.1 Å². The monoisotopic (exact) mass is 226 g/mol. The average Bonchev–Trinajstić information content (AvgIpc) is 2.76. The van der Waals surface area contributed by atoms with E-state index in [1.54, 1.807) is 0 Å². The lowest BCUT2D eigenvalue weighted by atomic mass is 10.1. The van der Waals surface area contributed by atoms with E-state index in [1.807, 2.05) is 42.5 Å². The molecule has 3 heteroatoms. The Kier molecular flexibility index (Phi) is 2.37. The molecule has 3 nitrogen and oxygen atoms in total. The van der Waals surface area contributed by atoms with E-state index in [4.69, 9.17) is 10.5 Å². The second-order valence-electron chi connectivity index (χ2n) is 4.13. The first-order valence-electron chi connectivity index (χ1n) is 5.67. The zero-order valence-corrected chi connectivity index (χ0v) is 9.39. The number of ether oxygens (including phenoxy) is 1. The smallest absolute Gasteiger partial charge is 0.124 e. The van der Waals surface area contributed by atoms with Gasteiger partial charge >= 0.3 is 0 Å². The van der Waals surface area contributed by atoms with Gasteiger partial charge in [-0.25, -0.2) is 0 Å². The average molecular weight is 226 g/mol. The lowest BCUT2D eigenvalue weighted by Gasteiger charge is -2.14. The number of fused-ring (bicyclic) bond motifs is 1. The van der Waals surface area contributed by atoms with Gasteiger partial charge in [0.05, 0.1) is 17.4 Å². The summed E-state index contributed by atoms with van der Waals surface area (Å²) in [7, 11) is 0. The fourth-order valence-corrected chi connectivity index (χ4v) is 2.10. The van der Waals surface area contributed by atoms with Crippen LogP contribution in [0, 0.1) is 0 Å². The van der Waals surface area contributed by atoms with E-state index < -0.39 is 0 Å². The lowest BCUT2D eigenvalue weighted by Crippen LogP contribution is -2.12. The minimum Gasteiger partial charge on any atom is -0.491 e. The topological polar surface area (TPSA) is 47.3 Å². The van der Waals surface area contributed by atoms with Crippen molar-refractivity contribution >= 4 is 11.4 Å². The molecule has 0 saturated carbocycles. The van der Waals surface area contributed by atoms with Gasteiger partial charge in [0.15, 0.2) is 0 Å². The van der Waals surface area contributed by atoms with Gasteiger partial charge in [-0.05, 0) is 18.2 Å². The van der Waals surface area contributed by atoms with Crippen LogP contribution in [0.2, 0.25) is 0 Å². The van der Waals surface area contributed by atoms with Gasteiger partial charge < -0.3 is 15.8 Å². The maximum atomic E-state index is 5.92. The van der Waals surface area contributed by atoms with Crippen molar-refractivity contribution < 1.29 is 4.74 Å². The van der Waals surface area contributed by atoms with Crippen molar-refractivity contribution in [3.05, 3.63) is 54.1 Å². The third-order valence-electron chi connectivity index (χ3n) is 2.99. The summed E-state index contributed by atoms with van der Waals surface area (Å²) in [6.45, 7) is 0.647. The van der Waals surface area contributed by atoms with Crippen molar-refractivity contribution in [2.45, 2.75) is 6.04 Å². The van der Waals surface area contributed by atoms with Crippen LogP contribution in [0.4, 0.5) is 11.4 Å². The Labute approximate surface area is 100 Å². The number of nitrogens with two attached hydrogens (primary N) is 1. The summed E-state index contributed by atoms with van der Waals surface area (Å²) in [5.41, 5.74) is 8.82. The van der Waals surface area contributed by atoms with Gasteiger partial charge in [0, 0.05) is 5.56 Å². The number of hydrogen-bond acceptors (Lipinski definition) is 3. The molecule has 0 bridgehead atoms. The minimum absolute atomic E-state index is 0.177. The van der Waals surface area contributed by atoms with Crippen LogP contribution in [-0.2, 0) is 0 Å². The van der Waals surface area contributed by atoms with E-state index in [0.29, 0.717) is 6.61 Å². The molecule has 17 heavy (non-hydrogen) atoms. The van der Waals surface area contributed by atoms with Crippen molar-refractivity contribution in [2.75, 3.05) is 17.7 Å². The Bertz CT molecular complexity index is 539. The number of nitrogen functional groups attached to an aromatic ring is 1. The van der Waals surface area contributed by atoms with Crippen LogP contribution in [0.15, 0.2) is 48.5 Å². The molecule has 1 atom stereocenters. The van der Waals surface area contributed by atoms with E-state index in [-0.39, 0.29) is 6.04 Å². The van der Waals surface area contributed by atoms with Gasteiger partial charge in [0.25, 0.3) is 0 Å². The number of rotatable bonds is 2. The summed E-state index contributed by atoms with van der Waals surface area (Å²) in [6, 6.07) is 16.0. The molecule has 0 amide bonds. The van der Waals surface area contributed by atoms with Gasteiger partial charge in [-0.15, -0.1) is 0 Å². The summed E-state index contributed by atoms with van der Waals surface area (Å²) in [5.74, 6) is 0.958. The second kappa shape index (κ2) is 4.01. The molecule has 0 saturated heterocycles. The molecule has 1 aliphatic rings. The first-order chi connectivity index (χ1) is 8.34. The number of nitrogens with one attached hydrogen (secondary N) is 1. The highest BCUT2D eigenvalue weighted by Crippen LogP contribution is 2.34. The Hall–Kier alpha value is -2.16. The number of benzene rings is 2. The van der Waals surface area contributed by atoms with E-state index in [1.165, 1.54) is 5.56 Å². The third kappa shape index (κ3) is 1.80. The van der Waals surface area contributed by atoms with Crippen LogP contribution >= 0.6 is 0 Å². The first kappa shape index (κ1) is 10.0. The van der Waals surface area contributed by atoms with E-state index in [9.17, 15) is 0 Å².